The monoisotopic (exact) mass is 294 g/mol. The summed E-state index contributed by atoms with van der Waals surface area (Å²) in [6.45, 7) is 5.46. The number of fused-ring (bicyclic) bond motifs is 1. The zero-order chi connectivity index (χ0) is 14.1. The number of nitrogens with zero attached hydrogens (tertiary/aromatic N) is 1. The Labute approximate surface area is 126 Å². The Bertz CT molecular complexity index is 470. The van der Waals surface area contributed by atoms with Gasteiger partial charge in [-0.3, -0.25) is 5.43 Å². The van der Waals surface area contributed by atoms with Crippen LogP contribution in [0.5, 0.6) is 5.75 Å². The lowest BCUT2D eigenvalue weighted by Crippen LogP contribution is -2.54. The van der Waals surface area contributed by atoms with Crippen molar-refractivity contribution in [2.45, 2.75) is 57.7 Å². The topological polar surface area (TPSA) is 24.5 Å². The molecule has 0 saturated carbocycles. The van der Waals surface area contributed by atoms with E-state index in [9.17, 15) is 0 Å². The van der Waals surface area contributed by atoms with Crippen LogP contribution in [0.3, 0.4) is 0 Å². The van der Waals surface area contributed by atoms with E-state index in [-0.39, 0.29) is 6.10 Å². The van der Waals surface area contributed by atoms with Gasteiger partial charge < -0.3 is 4.74 Å². The number of ether oxygens (including phenoxy) is 1. The molecule has 0 radical (unpaired) electrons. The highest BCUT2D eigenvalue weighted by atomic mass is 35.5. The van der Waals surface area contributed by atoms with E-state index in [1.807, 2.05) is 18.2 Å². The predicted molar refractivity (Wildman–Crippen MR) is 82.2 cm³/mol. The van der Waals surface area contributed by atoms with Crippen molar-refractivity contribution in [3.63, 3.8) is 0 Å². The molecule has 3 unspecified atom stereocenters. The third kappa shape index (κ3) is 2.95. The number of halogens is 1. The second-order valence-electron chi connectivity index (χ2n) is 6.09. The molecule has 1 N–H and O–H groups in total. The molecule has 0 bridgehead atoms. The van der Waals surface area contributed by atoms with Gasteiger partial charge in [-0.05, 0) is 50.5 Å². The molecule has 20 heavy (non-hydrogen) atoms. The minimum Gasteiger partial charge on any atom is -0.488 e. The Morgan fingerprint density at radius 1 is 1.30 bits per heavy atom. The minimum atomic E-state index is 0.213. The molecule has 1 aromatic rings. The lowest BCUT2D eigenvalue weighted by Gasteiger charge is -2.39. The van der Waals surface area contributed by atoms with Crippen molar-refractivity contribution in [1.82, 2.24) is 10.4 Å². The Morgan fingerprint density at radius 3 is 2.80 bits per heavy atom. The highest BCUT2D eigenvalue weighted by molar-refractivity contribution is 6.30. The van der Waals surface area contributed by atoms with Gasteiger partial charge in [-0.1, -0.05) is 18.0 Å². The van der Waals surface area contributed by atoms with E-state index in [1.165, 1.54) is 24.8 Å². The molecule has 1 saturated heterocycles. The van der Waals surface area contributed by atoms with Crippen LogP contribution in [0.2, 0.25) is 5.02 Å². The number of benzene rings is 1. The molecule has 0 aromatic heterocycles. The molecular weight excluding hydrogens is 272 g/mol. The summed E-state index contributed by atoms with van der Waals surface area (Å²) < 4.78 is 5.98. The summed E-state index contributed by atoms with van der Waals surface area (Å²) in [5, 5.41) is 3.20. The Morgan fingerprint density at radius 2 is 2.05 bits per heavy atom. The van der Waals surface area contributed by atoms with Gasteiger partial charge in [0.25, 0.3) is 0 Å². The highest BCUT2D eigenvalue weighted by Gasteiger charge is 2.27. The zero-order valence-corrected chi connectivity index (χ0v) is 13.0. The van der Waals surface area contributed by atoms with Crippen molar-refractivity contribution >= 4 is 11.6 Å². The van der Waals surface area contributed by atoms with Crippen LogP contribution in [0, 0.1) is 0 Å². The summed E-state index contributed by atoms with van der Waals surface area (Å²) in [7, 11) is 0. The van der Waals surface area contributed by atoms with Crippen LogP contribution in [-0.2, 0) is 6.42 Å². The Kier molecular flexibility index (Phi) is 4.20. The molecule has 2 aliphatic heterocycles. The molecule has 0 aliphatic carbocycles. The van der Waals surface area contributed by atoms with E-state index < -0.39 is 0 Å². The summed E-state index contributed by atoms with van der Waals surface area (Å²) in [4.78, 5) is 0. The van der Waals surface area contributed by atoms with Gasteiger partial charge in [0.15, 0.2) is 0 Å². The molecule has 3 rings (SSSR count). The number of hydrogen-bond acceptors (Lipinski definition) is 3. The maximum atomic E-state index is 6.03. The number of piperidine rings is 1. The SMILES string of the molecule is CC1CCCC(C)N1NCC1Cc2cc(Cl)ccc2O1. The molecule has 3 nitrogen and oxygen atoms in total. The van der Waals surface area contributed by atoms with E-state index in [0.717, 1.165) is 23.7 Å². The van der Waals surface area contributed by atoms with Crippen LogP contribution in [-0.4, -0.2) is 29.7 Å². The van der Waals surface area contributed by atoms with Crippen LogP contribution in [0.15, 0.2) is 18.2 Å². The van der Waals surface area contributed by atoms with Gasteiger partial charge in [0.1, 0.15) is 11.9 Å². The van der Waals surface area contributed by atoms with Gasteiger partial charge in [0.2, 0.25) is 0 Å². The molecule has 0 amide bonds. The van der Waals surface area contributed by atoms with E-state index in [1.54, 1.807) is 0 Å². The van der Waals surface area contributed by atoms with Crippen LogP contribution in [0.4, 0.5) is 0 Å². The van der Waals surface area contributed by atoms with Gasteiger partial charge in [0.05, 0.1) is 0 Å². The first-order valence-corrected chi connectivity index (χ1v) is 7.98. The normalized spacial score (nSPS) is 30.1. The van der Waals surface area contributed by atoms with E-state index in [0.29, 0.717) is 12.1 Å². The number of hydrazine groups is 1. The van der Waals surface area contributed by atoms with Gasteiger partial charge in [-0.25, -0.2) is 5.01 Å². The highest BCUT2D eigenvalue weighted by Crippen LogP contribution is 2.31. The summed E-state index contributed by atoms with van der Waals surface area (Å²) in [6, 6.07) is 7.10. The van der Waals surface area contributed by atoms with Crippen molar-refractivity contribution in [3.8, 4) is 5.75 Å². The third-order valence-corrected chi connectivity index (χ3v) is 4.69. The molecule has 1 aromatic carbocycles. The van der Waals surface area contributed by atoms with Crippen LogP contribution in [0.1, 0.15) is 38.7 Å². The van der Waals surface area contributed by atoms with Crippen molar-refractivity contribution in [3.05, 3.63) is 28.8 Å². The van der Waals surface area contributed by atoms with E-state index in [2.05, 4.69) is 24.3 Å². The largest absolute Gasteiger partial charge is 0.488 e. The quantitative estimate of drug-likeness (QED) is 0.924. The molecule has 2 aliphatic rings. The van der Waals surface area contributed by atoms with E-state index in [4.69, 9.17) is 16.3 Å². The summed E-state index contributed by atoms with van der Waals surface area (Å²) in [5.74, 6) is 0.987. The van der Waals surface area contributed by atoms with Gasteiger partial charge in [0, 0.05) is 30.1 Å². The summed E-state index contributed by atoms with van der Waals surface area (Å²) >= 11 is 6.03. The van der Waals surface area contributed by atoms with Gasteiger partial charge in [-0.2, -0.15) is 0 Å². The van der Waals surface area contributed by atoms with Crippen molar-refractivity contribution in [2.75, 3.05) is 6.54 Å². The molecule has 4 heteroatoms. The fourth-order valence-corrected chi connectivity index (χ4v) is 3.54. The molecule has 3 atom stereocenters. The minimum absolute atomic E-state index is 0.213. The molecule has 1 fully saturated rings. The average molecular weight is 295 g/mol. The fourth-order valence-electron chi connectivity index (χ4n) is 3.34. The first kappa shape index (κ1) is 14.2. The molecule has 2 heterocycles. The van der Waals surface area contributed by atoms with Gasteiger partial charge in [-0.15, -0.1) is 0 Å². The maximum Gasteiger partial charge on any atom is 0.123 e. The lowest BCUT2D eigenvalue weighted by atomic mass is 10.00. The molecular formula is C16H23ClN2O. The average Bonchev–Trinajstić information content (AvgIpc) is 2.80. The van der Waals surface area contributed by atoms with Gasteiger partial charge >= 0.3 is 0 Å². The fraction of sp³-hybridized carbons (Fsp3) is 0.625. The first-order chi connectivity index (χ1) is 9.63. The summed E-state index contributed by atoms with van der Waals surface area (Å²) in [5.41, 5.74) is 4.81. The maximum absolute atomic E-state index is 6.03. The smallest absolute Gasteiger partial charge is 0.123 e. The molecule has 0 spiro atoms. The van der Waals surface area contributed by atoms with Crippen LogP contribution >= 0.6 is 11.6 Å². The second kappa shape index (κ2) is 5.92. The number of hydrogen-bond donors (Lipinski definition) is 1. The van der Waals surface area contributed by atoms with Crippen molar-refractivity contribution in [1.29, 1.82) is 0 Å². The van der Waals surface area contributed by atoms with E-state index >= 15 is 0 Å². The Hall–Kier alpha value is -0.770. The first-order valence-electron chi connectivity index (χ1n) is 7.60. The number of rotatable bonds is 3. The summed E-state index contributed by atoms with van der Waals surface area (Å²) in [6.07, 6.45) is 5.05. The van der Waals surface area contributed by atoms with Crippen LogP contribution in [0.25, 0.3) is 0 Å². The van der Waals surface area contributed by atoms with Crippen molar-refractivity contribution < 1.29 is 4.74 Å². The number of nitrogens with one attached hydrogen (secondary N) is 1. The predicted octanol–water partition coefficient (Wildman–Crippen LogP) is 3.41. The molecule has 110 valence electrons. The Balaban J connectivity index is 1.55. The standard InChI is InChI=1S/C16H23ClN2O/c1-11-4-3-5-12(2)19(11)18-10-15-9-13-8-14(17)6-7-16(13)20-15/h6-8,11-12,15,18H,3-5,9-10H2,1-2H3. The second-order valence-corrected chi connectivity index (χ2v) is 6.53. The lowest BCUT2D eigenvalue weighted by molar-refractivity contribution is 0.0332. The third-order valence-electron chi connectivity index (χ3n) is 4.46. The zero-order valence-electron chi connectivity index (χ0n) is 12.2. The van der Waals surface area contributed by atoms with Crippen LogP contribution < -0.4 is 10.2 Å². The van der Waals surface area contributed by atoms with Crippen molar-refractivity contribution in [2.24, 2.45) is 0 Å².